The maximum Gasteiger partial charge on any atom is 0.0685 e. The molecule has 0 unspecified atom stereocenters. The molecule has 0 amide bonds. The fraction of sp³-hybridized carbons (Fsp3) is 0.143. The van der Waals surface area contributed by atoms with Gasteiger partial charge in [-0.3, -0.25) is 0 Å². The number of hydrogen-bond acceptors (Lipinski definition) is 1. The Balaban J connectivity index is 2.54. The van der Waals surface area contributed by atoms with Gasteiger partial charge < -0.3 is 5.73 Å². The second-order valence-electron chi connectivity index (χ2n) is 4.06. The fourth-order valence-electron chi connectivity index (χ4n) is 1.85. The lowest BCUT2D eigenvalue weighted by molar-refractivity contribution is 0.969. The van der Waals surface area contributed by atoms with Crippen LogP contribution in [0.25, 0.3) is 11.1 Å². The van der Waals surface area contributed by atoms with E-state index in [2.05, 4.69) is 0 Å². The molecule has 19 heavy (non-hydrogen) atoms. The van der Waals surface area contributed by atoms with Crippen LogP contribution < -0.4 is 5.73 Å². The third-order valence-corrected chi connectivity index (χ3v) is 4.27. The molecule has 0 aliphatic heterocycles. The van der Waals surface area contributed by atoms with E-state index in [-0.39, 0.29) is 0 Å². The molecule has 0 aromatic heterocycles. The molecule has 5 heteroatoms. The van der Waals surface area contributed by atoms with Crippen molar-refractivity contribution in [2.75, 3.05) is 6.54 Å². The van der Waals surface area contributed by atoms with E-state index in [0.717, 1.165) is 17.5 Å². The Morgan fingerprint density at radius 2 is 1.53 bits per heavy atom. The summed E-state index contributed by atoms with van der Waals surface area (Å²) in [6.07, 6.45) is 0.732. The zero-order valence-electron chi connectivity index (χ0n) is 9.89. The largest absolute Gasteiger partial charge is 0.330 e. The molecule has 0 atom stereocenters. The molecule has 0 saturated heterocycles. The van der Waals surface area contributed by atoms with E-state index in [9.17, 15) is 0 Å². The SMILES string of the molecule is NCCc1ccc(-c2c(Cl)ccc(Cl)c2Cl)cc1Cl. The van der Waals surface area contributed by atoms with Crippen LogP contribution in [0.3, 0.4) is 0 Å². The molecule has 2 rings (SSSR count). The summed E-state index contributed by atoms with van der Waals surface area (Å²) in [6, 6.07) is 9.06. The number of benzene rings is 2. The minimum absolute atomic E-state index is 0.428. The van der Waals surface area contributed by atoms with Gasteiger partial charge >= 0.3 is 0 Å². The van der Waals surface area contributed by atoms with Crippen molar-refractivity contribution in [2.45, 2.75) is 6.42 Å². The van der Waals surface area contributed by atoms with Crippen molar-refractivity contribution in [1.82, 2.24) is 0 Å². The summed E-state index contributed by atoms with van der Waals surface area (Å²) in [5.41, 5.74) is 8.06. The van der Waals surface area contributed by atoms with Crippen molar-refractivity contribution in [2.24, 2.45) is 5.73 Å². The highest BCUT2D eigenvalue weighted by Crippen LogP contribution is 2.40. The predicted molar refractivity (Wildman–Crippen MR) is 84.7 cm³/mol. The highest BCUT2D eigenvalue weighted by Gasteiger charge is 2.13. The average Bonchev–Trinajstić information content (AvgIpc) is 2.38. The highest BCUT2D eigenvalue weighted by atomic mass is 35.5. The maximum absolute atomic E-state index is 6.23. The number of halogens is 4. The summed E-state index contributed by atoms with van der Waals surface area (Å²) < 4.78 is 0. The van der Waals surface area contributed by atoms with Crippen LogP contribution in [0.5, 0.6) is 0 Å². The molecule has 2 N–H and O–H groups in total. The monoisotopic (exact) mass is 333 g/mol. The van der Waals surface area contributed by atoms with Crippen LogP contribution >= 0.6 is 46.4 Å². The van der Waals surface area contributed by atoms with Crippen LogP contribution in [0.1, 0.15) is 5.56 Å². The summed E-state index contributed by atoms with van der Waals surface area (Å²) in [6.45, 7) is 0.553. The van der Waals surface area contributed by atoms with Crippen molar-refractivity contribution in [3.8, 4) is 11.1 Å². The lowest BCUT2D eigenvalue weighted by Gasteiger charge is -2.11. The van der Waals surface area contributed by atoms with Crippen LogP contribution in [0.2, 0.25) is 20.1 Å². The highest BCUT2D eigenvalue weighted by molar-refractivity contribution is 6.46. The summed E-state index contributed by atoms with van der Waals surface area (Å²) in [7, 11) is 0. The quantitative estimate of drug-likeness (QED) is 0.740. The van der Waals surface area contributed by atoms with E-state index in [1.165, 1.54) is 0 Å². The Kier molecular flexibility index (Phi) is 4.99. The van der Waals surface area contributed by atoms with E-state index in [1.807, 2.05) is 18.2 Å². The van der Waals surface area contributed by atoms with Crippen molar-refractivity contribution in [3.05, 3.63) is 56.0 Å². The molecule has 0 aliphatic rings. The molecule has 0 saturated carbocycles. The second-order valence-corrected chi connectivity index (χ2v) is 5.66. The lowest BCUT2D eigenvalue weighted by Crippen LogP contribution is -2.03. The second kappa shape index (κ2) is 6.34. The van der Waals surface area contributed by atoms with Crippen LogP contribution in [0.4, 0.5) is 0 Å². The zero-order chi connectivity index (χ0) is 14.0. The minimum atomic E-state index is 0.428. The van der Waals surface area contributed by atoms with Gasteiger partial charge in [-0.25, -0.2) is 0 Å². The third-order valence-electron chi connectivity index (χ3n) is 2.80. The molecule has 2 aromatic carbocycles. The third kappa shape index (κ3) is 3.18. The molecular weight excluding hydrogens is 324 g/mol. The lowest BCUT2D eigenvalue weighted by atomic mass is 10.0. The molecule has 2 aromatic rings. The van der Waals surface area contributed by atoms with Crippen LogP contribution in [0.15, 0.2) is 30.3 Å². The molecule has 0 aliphatic carbocycles. The minimum Gasteiger partial charge on any atom is -0.330 e. The van der Waals surface area contributed by atoms with E-state index in [4.69, 9.17) is 52.1 Å². The zero-order valence-corrected chi connectivity index (χ0v) is 12.9. The molecule has 1 nitrogen and oxygen atoms in total. The fourth-order valence-corrected chi connectivity index (χ4v) is 2.87. The van der Waals surface area contributed by atoms with Gasteiger partial charge in [0.15, 0.2) is 0 Å². The normalized spacial score (nSPS) is 10.8. The Morgan fingerprint density at radius 1 is 0.842 bits per heavy atom. The first-order valence-corrected chi connectivity index (χ1v) is 7.18. The number of hydrogen-bond donors (Lipinski definition) is 1. The maximum atomic E-state index is 6.23. The molecule has 100 valence electrons. The van der Waals surface area contributed by atoms with Crippen LogP contribution in [-0.2, 0) is 6.42 Å². The first-order valence-electron chi connectivity index (χ1n) is 5.67. The standard InChI is InChI=1S/C14H11Cl4N/c15-10-3-4-11(16)14(18)13(10)9-2-1-8(5-6-19)12(17)7-9/h1-4,7H,5-6,19H2. The van der Waals surface area contributed by atoms with Crippen molar-refractivity contribution >= 4 is 46.4 Å². The van der Waals surface area contributed by atoms with Gasteiger partial charge in [0.05, 0.1) is 10.0 Å². The van der Waals surface area contributed by atoms with Crippen LogP contribution in [0, 0.1) is 0 Å². The average molecular weight is 335 g/mol. The van der Waals surface area contributed by atoms with Gasteiger partial charge in [-0.2, -0.15) is 0 Å². The van der Waals surface area contributed by atoms with E-state index in [0.29, 0.717) is 32.2 Å². The molecule has 0 spiro atoms. The first-order chi connectivity index (χ1) is 9.04. The van der Waals surface area contributed by atoms with Gasteiger partial charge in [-0.15, -0.1) is 0 Å². The van der Waals surface area contributed by atoms with Gasteiger partial charge in [0.2, 0.25) is 0 Å². The molecule has 0 fully saturated rings. The first kappa shape index (κ1) is 15.0. The molecule has 0 bridgehead atoms. The summed E-state index contributed by atoms with van der Waals surface area (Å²) >= 11 is 24.6. The summed E-state index contributed by atoms with van der Waals surface area (Å²) in [5, 5.41) is 2.08. The van der Waals surface area contributed by atoms with Gasteiger partial charge in [-0.1, -0.05) is 58.5 Å². The summed E-state index contributed by atoms with van der Waals surface area (Å²) in [5.74, 6) is 0. The number of rotatable bonds is 3. The van der Waals surface area contributed by atoms with Gasteiger partial charge in [0.1, 0.15) is 0 Å². The Hall–Kier alpha value is -0.440. The molecule has 0 heterocycles. The van der Waals surface area contributed by atoms with Gasteiger partial charge in [0.25, 0.3) is 0 Å². The smallest absolute Gasteiger partial charge is 0.0685 e. The Bertz CT molecular complexity index is 611. The van der Waals surface area contributed by atoms with Crippen LogP contribution in [-0.4, -0.2) is 6.54 Å². The molecule has 0 radical (unpaired) electrons. The topological polar surface area (TPSA) is 26.0 Å². The van der Waals surface area contributed by atoms with Gasteiger partial charge in [-0.05, 0) is 42.3 Å². The van der Waals surface area contributed by atoms with Crippen molar-refractivity contribution in [1.29, 1.82) is 0 Å². The Morgan fingerprint density at radius 3 is 2.16 bits per heavy atom. The van der Waals surface area contributed by atoms with E-state index < -0.39 is 0 Å². The van der Waals surface area contributed by atoms with E-state index >= 15 is 0 Å². The van der Waals surface area contributed by atoms with Crippen molar-refractivity contribution < 1.29 is 0 Å². The van der Waals surface area contributed by atoms with Gasteiger partial charge in [0, 0.05) is 15.6 Å². The van der Waals surface area contributed by atoms with Crippen molar-refractivity contribution in [3.63, 3.8) is 0 Å². The Labute approximate surface area is 132 Å². The van der Waals surface area contributed by atoms with E-state index in [1.54, 1.807) is 12.1 Å². The molecular formula is C14H11Cl4N. The summed E-state index contributed by atoms with van der Waals surface area (Å²) in [4.78, 5) is 0. The number of nitrogens with two attached hydrogens (primary N) is 1. The predicted octanol–water partition coefficient (Wildman–Crippen LogP) is 5.47.